The van der Waals surface area contributed by atoms with Crippen molar-refractivity contribution in [3.05, 3.63) is 0 Å². The highest BCUT2D eigenvalue weighted by molar-refractivity contribution is 5.78. The maximum absolute atomic E-state index is 12.3. The van der Waals surface area contributed by atoms with Gasteiger partial charge >= 0.3 is 0 Å². The number of rotatable bonds is 6. The molecule has 2 aliphatic rings. The van der Waals surface area contributed by atoms with Gasteiger partial charge in [0.05, 0.1) is 6.54 Å². The summed E-state index contributed by atoms with van der Waals surface area (Å²) in [7, 11) is 0. The number of piperidine rings is 2. The van der Waals surface area contributed by atoms with Crippen molar-refractivity contribution in [3.8, 4) is 0 Å². The van der Waals surface area contributed by atoms with E-state index in [9.17, 15) is 4.79 Å². The van der Waals surface area contributed by atoms with Crippen LogP contribution in [-0.4, -0.2) is 72.5 Å². The number of carbonyl (C=O) groups is 1. The molecule has 0 saturated carbocycles. The molecular weight excluding hydrogens is 274 g/mol. The van der Waals surface area contributed by atoms with Crippen LogP contribution in [0.2, 0.25) is 0 Å². The Morgan fingerprint density at radius 3 is 2.55 bits per heavy atom. The molecule has 4 nitrogen and oxygen atoms in total. The summed E-state index contributed by atoms with van der Waals surface area (Å²) in [4.78, 5) is 19.3. The van der Waals surface area contributed by atoms with Crippen molar-refractivity contribution >= 4 is 5.91 Å². The fraction of sp³-hybridized carbons (Fsp3) is 0.944. The highest BCUT2D eigenvalue weighted by atomic mass is 16.2. The number of hydrogen-bond donors (Lipinski definition) is 0. The molecule has 0 spiro atoms. The minimum absolute atomic E-state index is 0.303. The molecule has 22 heavy (non-hydrogen) atoms. The Morgan fingerprint density at radius 2 is 1.86 bits per heavy atom. The highest BCUT2D eigenvalue weighted by Gasteiger charge is 2.26. The predicted molar refractivity (Wildman–Crippen MR) is 92.0 cm³/mol. The van der Waals surface area contributed by atoms with E-state index in [0.717, 1.165) is 38.1 Å². The number of carbonyl (C=O) groups excluding carboxylic acids is 1. The fourth-order valence-electron chi connectivity index (χ4n) is 4.07. The molecule has 2 aliphatic heterocycles. The summed E-state index contributed by atoms with van der Waals surface area (Å²) in [6.45, 7) is 13.5. The van der Waals surface area contributed by atoms with Crippen molar-refractivity contribution in [1.82, 2.24) is 14.7 Å². The van der Waals surface area contributed by atoms with E-state index in [-0.39, 0.29) is 0 Å². The maximum Gasteiger partial charge on any atom is 0.236 e. The molecule has 0 aliphatic carbocycles. The minimum Gasteiger partial charge on any atom is -0.342 e. The number of amides is 1. The Bertz CT molecular complexity index is 343. The molecule has 0 radical (unpaired) electrons. The van der Waals surface area contributed by atoms with Crippen LogP contribution in [0.15, 0.2) is 0 Å². The third-order valence-electron chi connectivity index (χ3n) is 5.51. The lowest BCUT2D eigenvalue weighted by Crippen LogP contribution is -2.48. The average molecular weight is 309 g/mol. The van der Waals surface area contributed by atoms with Crippen LogP contribution in [0.4, 0.5) is 0 Å². The standard InChI is InChI=1S/C18H35N3O/c1-4-20(5-2)18(22)15-19-11-8-10-17(13-19)14-21-12-7-6-9-16(21)3/h16-17H,4-15H2,1-3H3. The van der Waals surface area contributed by atoms with Crippen molar-refractivity contribution in [1.29, 1.82) is 0 Å². The first kappa shape index (κ1) is 17.7. The monoisotopic (exact) mass is 309 g/mol. The lowest BCUT2D eigenvalue weighted by Gasteiger charge is -2.39. The van der Waals surface area contributed by atoms with Gasteiger partial charge in [-0.05, 0) is 65.5 Å². The van der Waals surface area contributed by atoms with Crippen LogP contribution in [0.5, 0.6) is 0 Å². The zero-order chi connectivity index (χ0) is 15.9. The van der Waals surface area contributed by atoms with E-state index in [1.54, 1.807) is 0 Å². The Balaban J connectivity index is 1.79. The quantitative estimate of drug-likeness (QED) is 0.754. The first-order chi connectivity index (χ1) is 10.6. The Labute approximate surface area is 136 Å². The SMILES string of the molecule is CCN(CC)C(=O)CN1CCCC(CN2CCCCC2C)C1. The van der Waals surface area contributed by atoms with Crippen molar-refractivity contribution in [2.45, 2.75) is 58.9 Å². The van der Waals surface area contributed by atoms with E-state index in [1.807, 2.05) is 4.90 Å². The Morgan fingerprint density at radius 1 is 1.09 bits per heavy atom. The second-order valence-electron chi connectivity index (χ2n) is 7.15. The van der Waals surface area contributed by atoms with Crippen LogP contribution < -0.4 is 0 Å². The molecule has 2 atom stereocenters. The molecule has 0 bridgehead atoms. The van der Waals surface area contributed by atoms with Crippen LogP contribution >= 0.6 is 0 Å². The molecule has 2 heterocycles. The third kappa shape index (κ3) is 4.95. The van der Waals surface area contributed by atoms with E-state index in [0.29, 0.717) is 12.5 Å². The Kier molecular flexibility index (Phi) is 7.16. The van der Waals surface area contributed by atoms with Gasteiger partial charge in [0.1, 0.15) is 0 Å². The zero-order valence-electron chi connectivity index (χ0n) is 14.9. The molecular formula is C18H35N3O. The lowest BCUT2D eigenvalue weighted by molar-refractivity contribution is -0.132. The molecule has 128 valence electrons. The molecule has 4 heteroatoms. The first-order valence-corrected chi connectivity index (χ1v) is 9.38. The van der Waals surface area contributed by atoms with Crippen LogP contribution in [0, 0.1) is 5.92 Å². The second kappa shape index (κ2) is 8.88. The van der Waals surface area contributed by atoms with E-state index in [1.165, 1.54) is 45.2 Å². The molecule has 1 amide bonds. The van der Waals surface area contributed by atoms with Gasteiger partial charge in [-0.2, -0.15) is 0 Å². The van der Waals surface area contributed by atoms with Crippen molar-refractivity contribution in [2.24, 2.45) is 5.92 Å². The van der Waals surface area contributed by atoms with Gasteiger partial charge < -0.3 is 9.80 Å². The lowest BCUT2D eigenvalue weighted by atomic mass is 9.95. The van der Waals surface area contributed by atoms with Gasteiger partial charge in [-0.3, -0.25) is 9.69 Å². The molecule has 2 unspecified atom stereocenters. The molecule has 2 fully saturated rings. The molecule has 0 aromatic heterocycles. The smallest absolute Gasteiger partial charge is 0.236 e. The van der Waals surface area contributed by atoms with Crippen LogP contribution in [0.3, 0.4) is 0 Å². The van der Waals surface area contributed by atoms with E-state index in [2.05, 4.69) is 30.6 Å². The van der Waals surface area contributed by atoms with Gasteiger partial charge in [0.25, 0.3) is 0 Å². The van der Waals surface area contributed by atoms with Crippen LogP contribution in [0.25, 0.3) is 0 Å². The van der Waals surface area contributed by atoms with Gasteiger partial charge in [-0.25, -0.2) is 0 Å². The number of likely N-dealkylation sites (tertiary alicyclic amines) is 2. The normalized spacial score (nSPS) is 27.8. The van der Waals surface area contributed by atoms with Gasteiger partial charge in [-0.15, -0.1) is 0 Å². The summed E-state index contributed by atoms with van der Waals surface area (Å²) in [6, 6.07) is 0.751. The molecule has 2 saturated heterocycles. The summed E-state index contributed by atoms with van der Waals surface area (Å²) in [5.41, 5.74) is 0. The molecule has 0 aromatic rings. The largest absolute Gasteiger partial charge is 0.342 e. The van der Waals surface area contributed by atoms with Crippen LogP contribution in [-0.2, 0) is 4.79 Å². The topological polar surface area (TPSA) is 26.8 Å². The summed E-state index contributed by atoms with van der Waals surface area (Å²) < 4.78 is 0. The zero-order valence-corrected chi connectivity index (χ0v) is 14.9. The minimum atomic E-state index is 0.303. The van der Waals surface area contributed by atoms with E-state index < -0.39 is 0 Å². The van der Waals surface area contributed by atoms with E-state index >= 15 is 0 Å². The van der Waals surface area contributed by atoms with Gasteiger partial charge in [0.15, 0.2) is 0 Å². The highest BCUT2D eigenvalue weighted by Crippen LogP contribution is 2.22. The summed E-state index contributed by atoms with van der Waals surface area (Å²) in [6.07, 6.45) is 6.70. The van der Waals surface area contributed by atoms with Crippen molar-refractivity contribution in [3.63, 3.8) is 0 Å². The number of nitrogens with zero attached hydrogens (tertiary/aromatic N) is 3. The summed E-state index contributed by atoms with van der Waals surface area (Å²) >= 11 is 0. The molecule has 0 aromatic carbocycles. The summed E-state index contributed by atoms with van der Waals surface area (Å²) in [5.74, 6) is 1.05. The Hall–Kier alpha value is -0.610. The third-order valence-corrected chi connectivity index (χ3v) is 5.51. The number of hydrogen-bond acceptors (Lipinski definition) is 3. The van der Waals surface area contributed by atoms with E-state index in [4.69, 9.17) is 0 Å². The second-order valence-corrected chi connectivity index (χ2v) is 7.15. The van der Waals surface area contributed by atoms with Gasteiger partial charge in [0, 0.05) is 32.2 Å². The van der Waals surface area contributed by atoms with Crippen molar-refractivity contribution < 1.29 is 4.79 Å². The number of likely N-dealkylation sites (N-methyl/N-ethyl adjacent to an activating group) is 1. The van der Waals surface area contributed by atoms with Gasteiger partial charge in [-0.1, -0.05) is 6.42 Å². The maximum atomic E-state index is 12.3. The average Bonchev–Trinajstić information content (AvgIpc) is 2.51. The van der Waals surface area contributed by atoms with Crippen molar-refractivity contribution in [2.75, 3.05) is 45.8 Å². The fourth-order valence-corrected chi connectivity index (χ4v) is 4.07. The molecule has 2 rings (SSSR count). The first-order valence-electron chi connectivity index (χ1n) is 9.38. The summed E-state index contributed by atoms with van der Waals surface area (Å²) in [5, 5.41) is 0. The van der Waals surface area contributed by atoms with Gasteiger partial charge in [0.2, 0.25) is 5.91 Å². The predicted octanol–water partition coefficient (Wildman–Crippen LogP) is 2.44. The van der Waals surface area contributed by atoms with Crippen LogP contribution in [0.1, 0.15) is 52.9 Å². The molecule has 0 N–H and O–H groups in total.